The molecule has 0 spiro atoms. The third-order valence-electron chi connectivity index (χ3n) is 7.75. The fourth-order valence-corrected chi connectivity index (χ4v) is 5.24. The van der Waals surface area contributed by atoms with Crippen LogP contribution < -0.4 is 5.48 Å². The van der Waals surface area contributed by atoms with Gasteiger partial charge in [-0.2, -0.15) is 0 Å². The molecule has 39 heavy (non-hydrogen) atoms. The lowest BCUT2D eigenvalue weighted by atomic mass is 10.0. The van der Waals surface area contributed by atoms with E-state index in [0.29, 0.717) is 12.8 Å². The lowest BCUT2D eigenvalue weighted by molar-refractivity contribution is -0.315. The van der Waals surface area contributed by atoms with Gasteiger partial charge in [-0.1, -0.05) is 155 Å². The van der Waals surface area contributed by atoms with Crippen LogP contribution >= 0.6 is 0 Å². The molecule has 0 heterocycles. The van der Waals surface area contributed by atoms with Crippen molar-refractivity contribution in [3.05, 3.63) is 0 Å². The first-order valence-electron chi connectivity index (χ1n) is 17.0. The van der Waals surface area contributed by atoms with Crippen molar-refractivity contribution < 1.29 is 25.0 Å². The van der Waals surface area contributed by atoms with Crippen molar-refractivity contribution in [1.29, 1.82) is 0 Å². The van der Waals surface area contributed by atoms with Crippen LogP contribution in [0.2, 0.25) is 0 Å². The number of hydrogen-bond donors (Lipinski definition) is 4. The average Bonchev–Trinajstić information content (AvgIpc) is 2.89. The number of amides is 1. The van der Waals surface area contributed by atoms with Crippen LogP contribution in [0.3, 0.4) is 0 Å². The van der Waals surface area contributed by atoms with Gasteiger partial charge < -0.3 is 15.3 Å². The van der Waals surface area contributed by atoms with Gasteiger partial charge in [0.15, 0.2) is 0 Å². The molecule has 6 nitrogen and oxygen atoms in total. The molecule has 0 fully saturated rings. The predicted octanol–water partition coefficient (Wildman–Crippen LogP) is 9.00. The summed E-state index contributed by atoms with van der Waals surface area (Å²) in [7, 11) is 0. The topological polar surface area (TPSA) is 99.0 Å². The average molecular weight is 558 g/mol. The first-order valence-corrected chi connectivity index (χ1v) is 17.0. The zero-order chi connectivity index (χ0) is 28.9. The van der Waals surface area contributed by atoms with Gasteiger partial charge in [0, 0.05) is 12.8 Å². The molecule has 0 radical (unpaired) electrons. The molecule has 1 amide bonds. The highest BCUT2D eigenvalue weighted by atomic mass is 16.7. The van der Waals surface area contributed by atoms with Crippen LogP contribution in [0.5, 0.6) is 0 Å². The molecule has 0 aliphatic heterocycles. The second-order valence-corrected chi connectivity index (χ2v) is 11.9. The third kappa shape index (κ3) is 31.7. The van der Waals surface area contributed by atoms with Crippen LogP contribution in [0.4, 0.5) is 0 Å². The molecule has 0 aromatic rings. The van der Waals surface area contributed by atoms with Crippen molar-refractivity contribution >= 4 is 5.91 Å². The van der Waals surface area contributed by atoms with Crippen molar-refractivity contribution in [2.24, 2.45) is 0 Å². The largest absolute Gasteiger partial charge is 0.344 e. The van der Waals surface area contributed by atoms with Crippen LogP contribution in [-0.2, 0) is 9.63 Å². The predicted molar refractivity (Wildman–Crippen MR) is 163 cm³/mol. The fraction of sp³-hybridized carbons (Fsp3) is 0.970. The highest BCUT2D eigenvalue weighted by Crippen LogP contribution is 2.16. The van der Waals surface area contributed by atoms with Crippen molar-refractivity contribution in [3.63, 3.8) is 0 Å². The minimum Gasteiger partial charge on any atom is -0.344 e. The highest BCUT2D eigenvalue weighted by molar-refractivity contribution is 5.74. The summed E-state index contributed by atoms with van der Waals surface area (Å²) in [5, 5.41) is 26.5. The minimum absolute atomic E-state index is 0.0256. The first kappa shape index (κ1) is 38.3. The Morgan fingerprint density at radius 3 is 1.41 bits per heavy atom. The van der Waals surface area contributed by atoms with E-state index in [1.54, 1.807) is 0 Å². The van der Waals surface area contributed by atoms with Gasteiger partial charge in [-0.25, -0.2) is 5.48 Å². The Morgan fingerprint density at radius 1 is 0.564 bits per heavy atom. The molecule has 6 heteroatoms. The van der Waals surface area contributed by atoms with Gasteiger partial charge in [0.05, 0.1) is 6.10 Å². The van der Waals surface area contributed by atoms with Gasteiger partial charge in [0.2, 0.25) is 5.91 Å². The van der Waals surface area contributed by atoms with Gasteiger partial charge in [-0.15, -0.1) is 0 Å². The van der Waals surface area contributed by atoms with E-state index in [1.807, 2.05) is 0 Å². The number of aliphatic hydroxyl groups is 3. The number of rotatable bonds is 31. The smallest absolute Gasteiger partial charge is 0.275 e. The summed E-state index contributed by atoms with van der Waals surface area (Å²) in [5.41, 5.74) is 2.73. The Labute approximate surface area is 242 Å². The number of carbonyl (C=O) groups is 1. The Kier molecular flexibility index (Phi) is 28.3. The van der Waals surface area contributed by atoms with E-state index in [-0.39, 0.29) is 18.4 Å². The molecule has 234 valence electrons. The first-order chi connectivity index (χ1) is 18.9. The van der Waals surface area contributed by atoms with E-state index in [1.165, 1.54) is 116 Å². The molecule has 0 saturated carbocycles. The molecule has 0 saturated heterocycles. The van der Waals surface area contributed by atoms with Crippen molar-refractivity contribution in [2.45, 2.75) is 206 Å². The summed E-state index contributed by atoms with van der Waals surface area (Å²) in [6, 6.07) is 0. The van der Waals surface area contributed by atoms with E-state index in [9.17, 15) is 4.79 Å². The minimum atomic E-state index is -2.50. The maximum absolute atomic E-state index is 12.2. The van der Waals surface area contributed by atoms with Crippen LogP contribution in [0, 0.1) is 0 Å². The standard InChI is InChI=1S/C33H67NO5/c1-3-5-6-7-8-9-12-15-18-21-24-28-31(27-4-2)39-34-32(35)29-25-22-19-16-13-10-11-14-17-20-23-26-30-33(36,37)38/h31,36-38H,3-30H2,1-2H3,(H,34,35). The van der Waals surface area contributed by atoms with E-state index in [0.717, 1.165) is 44.9 Å². The zero-order valence-corrected chi connectivity index (χ0v) is 26.0. The fourth-order valence-electron chi connectivity index (χ4n) is 5.24. The zero-order valence-electron chi connectivity index (χ0n) is 26.0. The van der Waals surface area contributed by atoms with Crippen LogP contribution in [0.15, 0.2) is 0 Å². The molecule has 0 rings (SSSR count). The number of nitrogens with one attached hydrogen (secondary N) is 1. The van der Waals surface area contributed by atoms with Crippen molar-refractivity contribution in [3.8, 4) is 0 Å². The Hall–Kier alpha value is -0.690. The van der Waals surface area contributed by atoms with Gasteiger partial charge in [0.25, 0.3) is 5.97 Å². The number of unbranched alkanes of at least 4 members (excludes halogenated alkanes) is 21. The molecule has 0 aliphatic carbocycles. The summed E-state index contributed by atoms with van der Waals surface area (Å²) in [4.78, 5) is 18.0. The molecule has 1 atom stereocenters. The SMILES string of the molecule is CCCCCCCCCCCCCC(CCC)ONC(=O)CCCCCCCCCCCCCCC(O)(O)O. The summed E-state index contributed by atoms with van der Waals surface area (Å²) < 4.78 is 0. The molecule has 4 N–H and O–H groups in total. The summed E-state index contributed by atoms with van der Waals surface area (Å²) in [5.74, 6) is -2.47. The molecule has 1 unspecified atom stereocenters. The lowest BCUT2D eigenvalue weighted by Gasteiger charge is -2.17. The monoisotopic (exact) mass is 558 g/mol. The van der Waals surface area contributed by atoms with Crippen molar-refractivity contribution in [2.75, 3.05) is 0 Å². The molecular weight excluding hydrogens is 490 g/mol. The molecule has 0 aromatic heterocycles. The third-order valence-corrected chi connectivity index (χ3v) is 7.75. The summed E-state index contributed by atoms with van der Waals surface area (Å²) in [6.07, 6.45) is 32.0. The lowest BCUT2D eigenvalue weighted by Crippen LogP contribution is -2.29. The molecule has 0 bridgehead atoms. The van der Waals surface area contributed by atoms with Crippen LogP contribution in [0.1, 0.15) is 194 Å². The number of hydrogen-bond acceptors (Lipinski definition) is 5. The Balaban J connectivity index is 3.51. The van der Waals surface area contributed by atoms with E-state index >= 15 is 0 Å². The maximum Gasteiger partial charge on any atom is 0.275 e. The maximum atomic E-state index is 12.2. The summed E-state index contributed by atoms with van der Waals surface area (Å²) >= 11 is 0. The van der Waals surface area contributed by atoms with E-state index < -0.39 is 5.97 Å². The molecular formula is C33H67NO5. The molecule has 0 aromatic carbocycles. The number of hydroxylamine groups is 1. The van der Waals surface area contributed by atoms with Crippen LogP contribution in [0.25, 0.3) is 0 Å². The van der Waals surface area contributed by atoms with Crippen molar-refractivity contribution in [1.82, 2.24) is 5.48 Å². The molecule has 0 aliphatic rings. The second-order valence-electron chi connectivity index (χ2n) is 11.9. The highest BCUT2D eigenvalue weighted by Gasteiger charge is 2.16. The second kappa shape index (κ2) is 28.8. The van der Waals surface area contributed by atoms with E-state index in [4.69, 9.17) is 20.2 Å². The Bertz CT molecular complexity index is 509. The van der Waals surface area contributed by atoms with Gasteiger partial charge in [0.1, 0.15) is 0 Å². The quantitative estimate of drug-likeness (QED) is 0.0387. The summed E-state index contributed by atoms with van der Waals surface area (Å²) in [6.45, 7) is 4.45. The van der Waals surface area contributed by atoms with Gasteiger partial charge in [-0.05, 0) is 25.7 Å². The van der Waals surface area contributed by atoms with Gasteiger partial charge >= 0.3 is 0 Å². The normalized spacial score (nSPS) is 12.6. The Morgan fingerprint density at radius 2 is 0.974 bits per heavy atom. The van der Waals surface area contributed by atoms with Gasteiger partial charge in [-0.3, -0.25) is 9.63 Å². The number of carbonyl (C=O) groups excluding carboxylic acids is 1. The van der Waals surface area contributed by atoms with E-state index in [2.05, 4.69) is 19.3 Å². The van der Waals surface area contributed by atoms with Crippen LogP contribution in [-0.4, -0.2) is 33.3 Å².